The Kier molecular flexibility index (Phi) is 3.94. The third-order valence-electron chi connectivity index (χ3n) is 2.07. The predicted molar refractivity (Wildman–Crippen MR) is 59.7 cm³/mol. The molecule has 0 amide bonds. The second kappa shape index (κ2) is 4.81. The van der Waals surface area contributed by atoms with E-state index in [0.717, 1.165) is 0 Å². The van der Waals surface area contributed by atoms with Crippen molar-refractivity contribution >= 4 is 11.6 Å². The van der Waals surface area contributed by atoms with E-state index < -0.39 is 5.82 Å². The Morgan fingerprint density at radius 3 is 2.67 bits per heavy atom. The van der Waals surface area contributed by atoms with Crippen molar-refractivity contribution in [3.63, 3.8) is 0 Å². The normalized spacial score (nSPS) is 11.5. The summed E-state index contributed by atoms with van der Waals surface area (Å²) in [6.07, 6.45) is 0. The summed E-state index contributed by atoms with van der Waals surface area (Å²) in [5, 5.41) is 0.0676. The van der Waals surface area contributed by atoms with Gasteiger partial charge in [0.25, 0.3) is 0 Å². The zero-order valence-electron chi connectivity index (χ0n) is 8.89. The first-order chi connectivity index (χ1) is 6.94. The van der Waals surface area contributed by atoms with E-state index >= 15 is 0 Å². The van der Waals surface area contributed by atoms with Crippen molar-refractivity contribution in [2.24, 2.45) is 11.1 Å². The summed E-state index contributed by atoms with van der Waals surface area (Å²) < 4.78 is 18.3. The van der Waals surface area contributed by atoms with E-state index in [1.54, 1.807) is 6.07 Å². The van der Waals surface area contributed by atoms with E-state index in [1.165, 1.54) is 12.1 Å². The van der Waals surface area contributed by atoms with Crippen LogP contribution in [0.15, 0.2) is 18.2 Å². The van der Waals surface area contributed by atoms with Crippen molar-refractivity contribution in [3.05, 3.63) is 29.0 Å². The molecule has 2 N–H and O–H groups in total. The fraction of sp³-hybridized carbons (Fsp3) is 0.455. The van der Waals surface area contributed by atoms with Crippen molar-refractivity contribution in [2.45, 2.75) is 13.8 Å². The Balaban J connectivity index is 2.62. The first-order valence-corrected chi connectivity index (χ1v) is 5.10. The van der Waals surface area contributed by atoms with Gasteiger partial charge >= 0.3 is 0 Å². The minimum atomic E-state index is -0.442. The molecule has 0 radical (unpaired) electrons. The third kappa shape index (κ3) is 3.68. The van der Waals surface area contributed by atoms with Crippen molar-refractivity contribution in [1.82, 2.24) is 0 Å². The standard InChI is InChI=1S/C11H15ClFNO/c1-11(2,6-14)7-15-8-3-4-10(13)9(12)5-8/h3-5H,6-7,14H2,1-2H3. The highest BCUT2D eigenvalue weighted by atomic mass is 35.5. The Labute approximate surface area is 94.2 Å². The maximum atomic E-state index is 12.8. The van der Waals surface area contributed by atoms with Crippen molar-refractivity contribution in [1.29, 1.82) is 0 Å². The van der Waals surface area contributed by atoms with Gasteiger partial charge in [0.15, 0.2) is 0 Å². The molecule has 0 aromatic heterocycles. The van der Waals surface area contributed by atoms with Crippen LogP contribution in [0.1, 0.15) is 13.8 Å². The van der Waals surface area contributed by atoms with Crippen molar-refractivity contribution in [2.75, 3.05) is 13.2 Å². The lowest BCUT2D eigenvalue weighted by molar-refractivity contribution is 0.187. The summed E-state index contributed by atoms with van der Waals surface area (Å²) in [5.41, 5.74) is 5.46. The Bertz CT molecular complexity index is 341. The average molecular weight is 232 g/mol. The molecule has 4 heteroatoms. The first kappa shape index (κ1) is 12.3. The molecule has 0 fully saturated rings. The lowest BCUT2D eigenvalue weighted by Gasteiger charge is -2.22. The lowest BCUT2D eigenvalue weighted by atomic mass is 9.95. The SMILES string of the molecule is CC(C)(CN)COc1ccc(F)c(Cl)c1. The number of ether oxygens (including phenoxy) is 1. The number of rotatable bonds is 4. The summed E-state index contributed by atoms with van der Waals surface area (Å²) in [6, 6.07) is 4.30. The maximum Gasteiger partial charge on any atom is 0.142 e. The van der Waals surface area contributed by atoms with Crippen molar-refractivity contribution < 1.29 is 9.13 Å². The quantitative estimate of drug-likeness (QED) is 0.865. The van der Waals surface area contributed by atoms with Gasteiger partial charge in [0.05, 0.1) is 11.6 Å². The van der Waals surface area contributed by atoms with Crippen LogP contribution in [-0.2, 0) is 0 Å². The molecular weight excluding hydrogens is 217 g/mol. The number of nitrogens with two attached hydrogens (primary N) is 1. The van der Waals surface area contributed by atoms with Gasteiger partial charge < -0.3 is 10.5 Å². The zero-order valence-corrected chi connectivity index (χ0v) is 9.64. The molecular formula is C11H15ClFNO. The number of hydrogen-bond acceptors (Lipinski definition) is 2. The van der Waals surface area contributed by atoms with E-state index in [4.69, 9.17) is 22.1 Å². The average Bonchev–Trinajstić information content (AvgIpc) is 2.20. The van der Waals surface area contributed by atoms with E-state index in [0.29, 0.717) is 18.9 Å². The molecule has 0 atom stereocenters. The van der Waals surface area contributed by atoms with Crippen LogP contribution in [0.3, 0.4) is 0 Å². The van der Waals surface area contributed by atoms with Crippen LogP contribution in [0.2, 0.25) is 5.02 Å². The number of halogens is 2. The summed E-state index contributed by atoms with van der Waals surface area (Å²) in [7, 11) is 0. The van der Waals surface area contributed by atoms with Crippen LogP contribution in [0.5, 0.6) is 5.75 Å². The molecule has 1 rings (SSSR count). The topological polar surface area (TPSA) is 35.2 Å². The fourth-order valence-electron chi connectivity index (χ4n) is 0.904. The first-order valence-electron chi connectivity index (χ1n) is 4.72. The molecule has 0 bridgehead atoms. The highest BCUT2D eigenvalue weighted by Gasteiger charge is 2.16. The van der Waals surface area contributed by atoms with Gasteiger partial charge in [0.2, 0.25) is 0 Å². The minimum absolute atomic E-state index is 0.0676. The summed E-state index contributed by atoms with van der Waals surface area (Å²) >= 11 is 5.62. The maximum absolute atomic E-state index is 12.8. The van der Waals surface area contributed by atoms with Crippen LogP contribution in [-0.4, -0.2) is 13.2 Å². The molecule has 15 heavy (non-hydrogen) atoms. The van der Waals surface area contributed by atoms with Crippen LogP contribution in [0.4, 0.5) is 4.39 Å². The molecule has 1 aromatic carbocycles. The molecule has 0 spiro atoms. The van der Waals surface area contributed by atoms with Gasteiger partial charge in [-0.15, -0.1) is 0 Å². The molecule has 0 aliphatic carbocycles. The Hall–Kier alpha value is -0.800. The summed E-state index contributed by atoms with van der Waals surface area (Å²) in [6.45, 7) is 5.00. The second-order valence-electron chi connectivity index (χ2n) is 4.23. The smallest absolute Gasteiger partial charge is 0.142 e. The summed E-state index contributed by atoms with van der Waals surface area (Å²) in [5.74, 6) is 0.116. The molecule has 84 valence electrons. The van der Waals surface area contributed by atoms with E-state index in [-0.39, 0.29) is 10.4 Å². The van der Waals surface area contributed by atoms with Crippen LogP contribution in [0, 0.1) is 11.2 Å². The number of benzene rings is 1. The second-order valence-corrected chi connectivity index (χ2v) is 4.64. The highest BCUT2D eigenvalue weighted by Crippen LogP contribution is 2.23. The van der Waals surface area contributed by atoms with Gasteiger partial charge in [0, 0.05) is 18.0 Å². The van der Waals surface area contributed by atoms with Gasteiger partial charge in [-0.2, -0.15) is 0 Å². The van der Waals surface area contributed by atoms with Gasteiger partial charge in [-0.1, -0.05) is 25.4 Å². The molecule has 2 nitrogen and oxygen atoms in total. The monoisotopic (exact) mass is 231 g/mol. The molecule has 1 aromatic rings. The highest BCUT2D eigenvalue weighted by molar-refractivity contribution is 6.30. The largest absolute Gasteiger partial charge is 0.493 e. The van der Waals surface area contributed by atoms with Crippen LogP contribution in [0.25, 0.3) is 0 Å². The molecule has 0 aliphatic rings. The fourth-order valence-corrected chi connectivity index (χ4v) is 1.07. The Morgan fingerprint density at radius 2 is 2.13 bits per heavy atom. The summed E-state index contributed by atoms with van der Waals surface area (Å²) in [4.78, 5) is 0. The number of hydrogen-bond donors (Lipinski definition) is 1. The van der Waals surface area contributed by atoms with E-state index in [2.05, 4.69) is 0 Å². The van der Waals surface area contributed by atoms with Gasteiger partial charge in [-0.05, 0) is 12.1 Å². The minimum Gasteiger partial charge on any atom is -0.493 e. The van der Waals surface area contributed by atoms with Crippen LogP contribution >= 0.6 is 11.6 Å². The van der Waals surface area contributed by atoms with Gasteiger partial charge in [-0.3, -0.25) is 0 Å². The molecule has 0 heterocycles. The third-order valence-corrected chi connectivity index (χ3v) is 2.36. The molecule has 0 aliphatic heterocycles. The van der Waals surface area contributed by atoms with E-state index in [9.17, 15) is 4.39 Å². The van der Waals surface area contributed by atoms with Gasteiger partial charge in [-0.25, -0.2) is 4.39 Å². The predicted octanol–water partition coefficient (Wildman–Crippen LogP) is 2.84. The molecule has 0 saturated heterocycles. The van der Waals surface area contributed by atoms with E-state index in [1.807, 2.05) is 13.8 Å². The van der Waals surface area contributed by atoms with Crippen molar-refractivity contribution in [3.8, 4) is 5.75 Å². The zero-order chi connectivity index (χ0) is 11.5. The molecule has 0 saturated carbocycles. The van der Waals surface area contributed by atoms with Gasteiger partial charge in [0.1, 0.15) is 11.6 Å². The van der Waals surface area contributed by atoms with Crippen LogP contribution < -0.4 is 10.5 Å². The Morgan fingerprint density at radius 1 is 1.47 bits per heavy atom. The lowest BCUT2D eigenvalue weighted by Crippen LogP contribution is -2.30. The molecule has 0 unspecified atom stereocenters.